The largest absolute Gasteiger partial charge is 0.456 e. The summed E-state index contributed by atoms with van der Waals surface area (Å²) < 4.78 is 5.47. The first-order valence-corrected chi connectivity index (χ1v) is 7.71. The molecule has 114 valence electrons. The molecular formula is C16H26O4. The molecule has 2 saturated carbocycles. The van der Waals surface area contributed by atoms with Crippen molar-refractivity contribution in [2.75, 3.05) is 0 Å². The summed E-state index contributed by atoms with van der Waals surface area (Å²) in [5, 5.41) is 21.3. The van der Waals surface area contributed by atoms with Crippen LogP contribution in [0.1, 0.15) is 53.4 Å². The lowest BCUT2D eigenvalue weighted by Gasteiger charge is -2.62. The molecule has 4 nitrogen and oxygen atoms in total. The van der Waals surface area contributed by atoms with E-state index >= 15 is 0 Å². The molecule has 0 amide bonds. The van der Waals surface area contributed by atoms with Gasteiger partial charge in [-0.15, -0.1) is 0 Å². The third-order valence-electron chi connectivity index (χ3n) is 6.53. The molecular weight excluding hydrogens is 256 g/mol. The van der Waals surface area contributed by atoms with E-state index < -0.39 is 17.8 Å². The van der Waals surface area contributed by atoms with Crippen LogP contribution in [0.5, 0.6) is 0 Å². The Kier molecular flexibility index (Phi) is 2.85. The van der Waals surface area contributed by atoms with Crippen molar-refractivity contribution in [3.63, 3.8) is 0 Å². The van der Waals surface area contributed by atoms with Crippen LogP contribution in [0.3, 0.4) is 0 Å². The van der Waals surface area contributed by atoms with Gasteiger partial charge in [-0.05, 0) is 36.5 Å². The highest BCUT2D eigenvalue weighted by molar-refractivity contribution is 5.73. The zero-order valence-corrected chi connectivity index (χ0v) is 12.8. The molecule has 3 rings (SSSR count). The lowest BCUT2D eigenvalue weighted by molar-refractivity contribution is -0.251. The zero-order chi connectivity index (χ0) is 14.9. The fraction of sp³-hybridized carbons (Fsp3) is 0.938. The molecule has 0 bridgehead atoms. The van der Waals surface area contributed by atoms with E-state index in [0.29, 0.717) is 6.42 Å². The maximum absolute atomic E-state index is 11.8. The molecule has 6 atom stereocenters. The van der Waals surface area contributed by atoms with Gasteiger partial charge in [0.05, 0.1) is 12.5 Å². The average Bonchev–Trinajstić information content (AvgIpc) is 2.63. The maximum atomic E-state index is 11.8. The Morgan fingerprint density at radius 3 is 2.45 bits per heavy atom. The average molecular weight is 282 g/mol. The minimum atomic E-state index is -0.991. The molecule has 1 heterocycles. The van der Waals surface area contributed by atoms with E-state index in [1.165, 1.54) is 0 Å². The summed E-state index contributed by atoms with van der Waals surface area (Å²) in [5.74, 6) is -0.245. The van der Waals surface area contributed by atoms with Crippen LogP contribution in [0.15, 0.2) is 0 Å². The van der Waals surface area contributed by atoms with Crippen molar-refractivity contribution in [3.05, 3.63) is 0 Å². The molecule has 2 aliphatic carbocycles. The highest BCUT2D eigenvalue weighted by Gasteiger charge is 2.69. The van der Waals surface area contributed by atoms with Crippen molar-refractivity contribution >= 4 is 5.97 Å². The number of carbonyl (C=O) groups excluding carboxylic acids is 1. The first kappa shape index (κ1) is 14.3. The highest BCUT2D eigenvalue weighted by Crippen LogP contribution is 2.64. The standard InChI is InChI=1S/C16H26O4/c1-14(2)6-5-7-15(3)9-8-10(17)20-16(9,4)13(19)11(18)12(14)15/h9,11-13,18-19H,5-8H2,1-4H3/t9-,11-,12+,13+,15-,16+/m1/s1. The van der Waals surface area contributed by atoms with Crippen LogP contribution in [-0.2, 0) is 9.53 Å². The maximum Gasteiger partial charge on any atom is 0.306 e. The molecule has 2 N–H and O–H groups in total. The number of aliphatic hydroxyl groups is 2. The van der Waals surface area contributed by atoms with E-state index in [0.717, 1.165) is 19.3 Å². The van der Waals surface area contributed by atoms with E-state index in [1.807, 2.05) is 0 Å². The Hall–Kier alpha value is -0.610. The lowest BCUT2D eigenvalue weighted by atomic mass is 9.44. The van der Waals surface area contributed by atoms with Gasteiger partial charge in [0, 0.05) is 5.92 Å². The van der Waals surface area contributed by atoms with Crippen molar-refractivity contribution in [2.24, 2.45) is 22.7 Å². The predicted molar refractivity (Wildman–Crippen MR) is 73.8 cm³/mol. The van der Waals surface area contributed by atoms with Crippen LogP contribution >= 0.6 is 0 Å². The minimum Gasteiger partial charge on any atom is -0.456 e. The van der Waals surface area contributed by atoms with E-state index in [-0.39, 0.29) is 28.6 Å². The third-order valence-corrected chi connectivity index (χ3v) is 6.53. The van der Waals surface area contributed by atoms with Crippen molar-refractivity contribution < 1.29 is 19.7 Å². The summed E-state index contributed by atoms with van der Waals surface area (Å²) in [6.07, 6.45) is 1.68. The predicted octanol–water partition coefficient (Wildman–Crippen LogP) is 1.88. The van der Waals surface area contributed by atoms with Gasteiger partial charge >= 0.3 is 5.97 Å². The Labute approximate surface area is 120 Å². The van der Waals surface area contributed by atoms with Gasteiger partial charge < -0.3 is 14.9 Å². The Balaban J connectivity index is 2.11. The third kappa shape index (κ3) is 1.58. The summed E-state index contributed by atoms with van der Waals surface area (Å²) in [4.78, 5) is 11.8. The van der Waals surface area contributed by atoms with Crippen LogP contribution in [-0.4, -0.2) is 34.0 Å². The number of aliphatic hydroxyl groups excluding tert-OH is 2. The van der Waals surface area contributed by atoms with Gasteiger partial charge in [-0.25, -0.2) is 0 Å². The van der Waals surface area contributed by atoms with Crippen molar-refractivity contribution in [1.82, 2.24) is 0 Å². The minimum absolute atomic E-state index is 0.00586. The highest BCUT2D eigenvalue weighted by atomic mass is 16.6. The van der Waals surface area contributed by atoms with Gasteiger partial charge in [-0.1, -0.05) is 27.2 Å². The summed E-state index contributed by atoms with van der Waals surface area (Å²) >= 11 is 0. The Morgan fingerprint density at radius 2 is 1.80 bits per heavy atom. The number of esters is 1. The number of ether oxygens (including phenoxy) is 1. The van der Waals surface area contributed by atoms with Gasteiger partial charge in [0.1, 0.15) is 11.7 Å². The topological polar surface area (TPSA) is 66.8 Å². The fourth-order valence-electron chi connectivity index (χ4n) is 5.77. The molecule has 0 aromatic rings. The molecule has 1 aliphatic heterocycles. The zero-order valence-electron chi connectivity index (χ0n) is 12.8. The molecule has 0 radical (unpaired) electrons. The van der Waals surface area contributed by atoms with Gasteiger partial charge in [0.25, 0.3) is 0 Å². The monoisotopic (exact) mass is 282 g/mol. The van der Waals surface area contributed by atoms with Crippen molar-refractivity contribution in [2.45, 2.75) is 71.2 Å². The van der Waals surface area contributed by atoms with Gasteiger partial charge in [0.2, 0.25) is 0 Å². The summed E-state index contributed by atoms with van der Waals surface area (Å²) in [6, 6.07) is 0. The first-order chi connectivity index (χ1) is 9.13. The molecule has 3 fully saturated rings. The van der Waals surface area contributed by atoms with Crippen LogP contribution in [0.2, 0.25) is 0 Å². The molecule has 20 heavy (non-hydrogen) atoms. The van der Waals surface area contributed by atoms with Gasteiger partial charge in [0.15, 0.2) is 0 Å². The molecule has 1 saturated heterocycles. The lowest BCUT2D eigenvalue weighted by Crippen LogP contribution is -2.68. The van der Waals surface area contributed by atoms with E-state index in [2.05, 4.69) is 20.8 Å². The van der Waals surface area contributed by atoms with Crippen LogP contribution in [0.4, 0.5) is 0 Å². The number of fused-ring (bicyclic) bond motifs is 3. The van der Waals surface area contributed by atoms with E-state index in [9.17, 15) is 15.0 Å². The second-order valence-corrected chi connectivity index (χ2v) is 8.18. The molecule has 0 unspecified atom stereocenters. The fourth-order valence-corrected chi connectivity index (χ4v) is 5.77. The van der Waals surface area contributed by atoms with E-state index in [4.69, 9.17) is 4.74 Å². The Morgan fingerprint density at radius 1 is 1.15 bits per heavy atom. The molecule has 0 aromatic heterocycles. The van der Waals surface area contributed by atoms with Gasteiger partial charge in [-0.2, -0.15) is 0 Å². The number of rotatable bonds is 0. The number of carbonyl (C=O) groups is 1. The molecule has 3 aliphatic rings. The van der Waals surface area contributed by atoms with Crippen molar-refractivity contribution in [1.29, 1.82) is 0 Å². The second kappa shape index (κ2) is 3.98. The number of hydrogen-bond acceptors (Lipinski definition) is 4. The van der Waals surface area contributed by atoms with Crippen molar-refractivity contribution in [3.8, 4) is 0 Å². The second-order valence-electron chi connectivity index (χ2n) is 8.18. The first-order valence-electron chi connectivity index (χ1n) is 7.71. The van der Waals surface area contributed by atoms with Crippen LogP contribution in [0, 0.1) is 22.7 Å². The molecule has 0 spiro atoms. The van der Waals surface area contributed by atoms with Gasteiger partial charge in [-0.3, -0.25) is 4.79 Å². The van der Waals surface area contributed by atoms with Crippen LogP contribution in [0.25, 0.3) is 0 Å². The number of hydrogen-bond donors (Lipinski definition) is 2. The smallest absolute Gasteiger partial charge is 0.306 e. The SMILES string of the molecule is CC1(C)CCC[C@]2(C)[C@H]3CC(=O)O[C@]3(C)[C@@H](O)[C@H](O)[C@@H]12. The molecule has 4 heteroatoms. The van der Waals surface area contributed by atoms with Crippen LogP contribution < -0.4 is 0 Å². The normalized spacial score (nSPS) is 54.0. The summed E-state index contributed by atoms with van der Waals surface area (Å²) in [5.41, 5.74) is -1.11. The Bertz CT molecular complexity index is 446. The molecule has 0 aromatic carbocycles. The summed E-state index contributed by atoms with van der Waals surface area (Å²) in [6.45, 7) is 8.31. The summed E-state index contributed by atoms with van der Waals surface area (Å²) in [7, 11) is 0. The quantitative estimate of drug-likeness (QED) is 0.666. The van der Waals surface area contributed by atoms with E-state index in [1.54, 1.807) is 6.92 Å².